The summed E-state index contributed by atoms with van der Waals surface area (Å²) in [7, 11) is 0. The first kappa shape index (κ1) is 9.20. The first-order chi connectivity index (χ1) is 5.63. The fraction of sp³-hybridized carbons (Fsp3) is 0.333. The van der Waals surface area contributed by atoms with Crippen molar-refractivity contribution in [2.75, 3.05) is 6.54 Å². The van der Waals surface area contributed by atoms with Gasteiger partial charge in [0.1, 0.15) is 0 Å². The smallest absolute Gasteiger partial charge is 0.0580 e. The maximum absolute atomic E-state index is 5.92. The number of allylic oxidation sites excluding steroid dienone is 3. The Hall–Kier alpha value is -0.890. The molecule has 1 heterocycles. The highest BCUT2D eigenvalue weighted by atomic mass is 35.5. The van der Waals surface area contributed by atoms with Gasteiger partial charge in [0, 0.05) is 23.1 Å². The lowest BCUT2D eigenvalue weighted by atomic mass is 10.2. The molecule has 1 aliphatic heterocycles. The molecule has 0 saturated heterocycles. The summed E-state index contributed by atoms with van der Waals surface area (Å²) >= 11 is 5.92. The number of nitrogens with zero attached hydrogens (tertiary/aromatic N) is 1. The minimum atomic E-state index is 0.721. The van der Waals surface area contributed by atoms with Crippen molar-refractivity contribution >= 4 is 11.6 Å². The molecule has 0 radical (unpaired) electrons. The van der Waals surface area contributed by atoms with E-state index in [2.05, 4.69) is 0 Å². The Morgan fingerprint density at radius 2 is 2.42 bits per heavy atom. The molecule has 0 aromatic rings. The highest BCUT2D eigenvalue weighted by Crippen LogP contribution is 2.19. The molecule has 0 aliphatic carbocycles. The van der Waals surface area contributed by atoms with Crippen LogP contribution in [0.3, 0.4) is 0 Å². The van der Waals surface area contributed by atoms with Gasteiger partial charge in [0.25, 0.3) is 0 Å². The maximum atomic E-state index is 5.92. The Bertz CT molecular complexity index is 264. The number of hydrogen-bond acceptors (Lipinski definition) is 2. The average Bonchev–Trinajstić information content (AvgIpc) is 2.01. The van der Waals surface area contributed by atoms with Crippen LogP contribution in [0, 0.1) is 0 Å². The van der Waals surface area contributed by atoms with Crippen molar-refractivity contribution in [1.29, 1.82) is 0 Å². The van der Waals surface area contributed by atoms with E-state index in [1.54, 1.807) is 6.20 Å². The van der Waals surface area contributed by atoms with E-state index in [0.29, 0.717) is 0 Å². The molecule has 0 amide bonds. The number of hydrogen-bond donors (Lipinski definition) is 1. The molecule has 0 aromatic heterocycles. The van der Waals surface area contributed by atoms with E-state index >= 15 is 0 Å². The van der Waals surface area contributed by atoms with Crippen LogP contribution in [0.2, 0.25) is 0 Å². The number of halogens is 1. The van der Waals surface area contributed by atoms with Crippen LogP contribution < -0.4 is 5.73 Å². The first-order valence-electron chi connectivity index (χ1n) is 3.83. The quantitative estimate of drug-likeness (QED) is 0.677. The summed E-state index contributed by atoms with van der Waals surface area (Å²) in [5.41, 5.74) is 7.56. The van der Waals surface area contributed by atoms with Crippen molar-refractivity contribution in [2.45, 2.75) is 13.8 Å². The summed E-state index contributed by atoms with van der Waals surface area (Å²) in [4.78, 5) is 2.03. The predicted octanol–water partition coefficient (Wildman–Crippen LogP) is 2.15. The van der Waals surface area contributed by atoms with Crippen molar-refractivity contribution in [3.63, 3.8) is 0 Å². The predicted molar refractivity (Wildman–Crippen MR) is 52.3 cm³/mol. The normalized spacial score (nSPS) is 18.9. The third kappa shape index (κ3) is 2.05. The molecule has 0 aromatic carbocycles. The molecule has 1 rings (SSSR count). The standard InChI is InChI=1S/C9H13ClN2/c1-7-3-9(10)6-12(5-7)8(2)4-11/h3-5H,6,11H2,1-2H3/b8-4-. The van der Waals surface area contributed by atoms with Gasteiger partial charge in [-0.2, -0.15) is 0 Å². The van der Waals surface area contributed by atoms with E-state index < -0.39 is 0 Å². The van der Waals surface area contributed by atoms with Crippen LogP contribution in [0.25, 0.3) is 0 Å². The largest absolute Gasteiger partial charge is 0.403 e. The molecule has 2 nitrogen and oxygen atoms in total. The van der Waals surface area contributed by atoms with Gasteiger partial charge in [0.15, 0.2) is 0 Å². The van der Waals surface area contributed by atoms with Gasteiger partial charge in [-0.3, -0.25) is 0 Å². The summed E-state index contributed by atoms with van der Waals surface area (Å²) in [6.45, 7) is 4.69. The van der Waals surface area contributed by atoms with Gasteiger partial charge in [-0.25, -0.2) is 0 Å². The fourth-order valence-corrected chi connectivity index (χ4v) is 1.41. The van der Waals surface area contributed by atoms with E-state index in [1.165, 1.54) is 0 Å². The van der Waals surface area contributed by atoms with Gasteiger partial charge in [-0.1, -0.05) is 11.6 Å². The highest BCUT2D eigenvalue weighted by Gasteiger charge is 2.08. The Kier molecular flexibility index (Phi) is 2.82. The van der Waals surface area contributed by atoms with Crippen molar-refractivity contribution in [1.82, 2.24) is 4.90 Å². The van der Waals surface area contributed by atoms with Crippen molar-refractivity contribution in [3.05, 3.63) is 34.8 Å². The Morgan fingerprint density at radius 3 is 2.92 bits per heavy atom. The molecule has 3 heteroatoms. The number of nitrogens with two attached hydrogens (primary N) is 1. The van der Waals surface area contributed by atoms with Crippen molar-refractivity contribution in [3.8, 4) is 0 Å². The zero-order valence-electron chi connectivity index (χ0n) is 7.34. The highest BCUT2D eigenvalue weighted by molar-refractivity contribution is 6.30. The zero-order valence-corrected chi connectivity index (χ0v) is 8.10. The lowest BCUT2D eigenvalue weighted by Gasteiger charge is -2.24. The Balaban J connectivity index is 2.81. The van der Waals surface area contributed by atoms with Gasteiger partial charge >= 0.3 is 0 Å². The second-order valence-corrected chi connectivity index (χ2v) is 3.39. The van der Waals surface area contributed by atoms with Gasteiger partial charge in [0.2, 0.25) is 0 Å². The van der Waals surface area contributed by atoms with Gasteiger partial charge in [-0.05, 0) is 25.5 Å². The minimum Gasteiger partial charge on any atom is -0.403 e. The van der Waals surface area contributed by atoms with E-state index in [0.717, 1.165) is 22.8 Å². The average molecular weight is 185 g/mol. The lowest BCUT2D eigenvalue weighted by Crippen LogP contribution is -2.20. The second kappa shape index (κ2) is 3.68. The van der Waals surface area contributed by atoms with Gasteiger partial charge < -0.3 is 10.6 Å². The molecule has 0 unspecified atom stereocenters. The Morgan fingerprint density at radius 1 is 1.75 bits per heavy atom. The van der Waals surface area contributed by atoms with Gasteiger partial charge in [0.05, 0.1) is 6.54 Å². The zero-order chi connectivity index (χ0) is 9.14. The molecule has 1 aliphatic rings. The van der Waals surface area contributed by atoms with Crippen molar-refractivity contribution < 1.29 is 0 Å². The Labute approximate surface area is 78.0 Å². The third-order valence-corrected chi connectivity index (χ3v) is 1.99. The molecule has 0 spiro atoms. The van der Waals surface area contributed by atoms with Crippen LogP contribution in [-0.2, 0) is 0 Å². The lowest BCUT2D eigenvalue weighted by molar-refractivity contribution is 0.502. The van der Waals surface area contributed by atoms with E-state index in [-0.39, 0.29) is 0 Å². The molecular formula is C9H13ClN2. The van der Waals surface area contributed by atoms with Crippen LogP contribution in [0.4, 0.5) is 0 Å². The molecule has 0 fully saturated rings. The molecule has 0 atom stereocenters. The monoisotopic (exact) mass is 184 g/mol. The third-order valence-electron chi connectivity index (χ3n) is 1.76. The molecule has 0 bridgehead atoms. The van der Waals surface area contributed by atoms with Crippen LogP contribution in [0.5, 0.6) is 0 Å². The SMILES string of the molecule is CC1=CN(/C(C)=C\N)CC(Cl)=C1. The van der Waals surface area contributed by atoms with Crippen molar-refractivity contribution in [2.24, 2.45) is 5.73 Å². The summed E-state index contributed by atoms with van der Waals surface area (Å²) in [6.07, 6.45) is 5.58. The van der Waals surface area contributed by atoms with E-state index in [1.807, 2.05) is 31.0 Å². The van der Waals surface area contributed by atoms with E-state index in [4.69, 9.17) is 17.3 Å². The van der Waals surface area contributed by atoms with Crippen LogP contribution in [-0.4, -0.2) is 11.4 Å². The first-order valence-corrected chi connectivity index (χ1v) is 4.21. The summed E-state index contributed by atoms with van der Waals surface area (Å²) in [5.74, 6) is 0. The second-order valence-electron chi connectivity index (χ2n) is 2.90. The van der Waals surface area contributed by atoms with E-state index in [9.17, 15) is 0 Å². The maximum Gasteiger partial charge on any atom is 0.0580 e. The topological polar surface area (TPSA) is 29.3 Å². The van der Waals surface area contributed by atoms with Crippen LogP contribution in [0.15, 0.2) is 34.8 Å². The summed E-state index contributed by atoms with van der Waals surface area (Å²) < 4.78 is 0. The molecule has 66 valence electrons. The van der Waals surface area contributed by atoms with Crippen LogP contribution >= 0.6 is 11.6 Å². The summed E-state index contributed by atoms with van der Waals surface area (Å²) in [5, 5.41) is 0.844. The molecule has 12 heavy (non-hydrogen) atoms. The summed E-state index contributed by atoms with van der Waals surface area (Å²) in [6, 6.07) is 0. The molecule has 0 saturated carbocycles. The molecule has 2 N–H and O–H groups in total. The number of rotatable bonds is 1. The van der Waals surface area contributed by atoms with Crippen LogP contribution in [0.1, 0.15) is 13.8 Å². The van der Waals surface area contributed by atoms with Gasteiger partial charge in [-0.15, -0.1) is 0 Å². The molecular weight excluding hydrogens is 172 g/mol. The fourth-order valence-electron chi connectivity index (χ4n) is 1.11. The minimum absolute atomic E-state index is 0.721.